The van der Waals surface area contributed by atoms with Crippen molar-refractivity contribution in [2.75, 3.05) is 32.9 Å². The highest BCUT2D eigenvalue weighted by molar-refractivity contribution is 6.12. The number of nitrogens with zero attached hydrogens (tertiary/aromatic N) is 3. The van der Waals surface area contributed by atoms with E-state index in [2.05, 4.69) is 31.9 Å². The summed E-state index contributed by atoms with van der Waals surface area (Å²) in [5.41, 5.74) is -0.487. The van der Waals surface area contributed by atoms with Crippen molar-refractivity contribution in [3.05, 3.63) is 110 Å². The third-order valence-corrected chi connectivity index (χ3v) is 14.2. The second-order valence-corrected chi connectivity index (χ2v) is 19.3. The Labute approximate surface area is 447 Å². The van der Waals surface area contributed by atoms with Crippen LogP contribution < -0.4 is 37.5 Å². The number of aromatic nitrogens is 2. The van der Waals surface area contributed by atoms with Crippen LogP contribution in [-0.4, -0.2) is 124 Å². The van der Waals surface area contributed by atoms with E-state index < -0.39 is 128 Å². The molecule has 79 heavy (non-hydrogen) atoms. The van der Waals surface area contributed by atoms with E-state index in [0.717, 1.165) is 11.0 Å². The van der Waals surface area contributed by atoms with Crippen molar-refractivity contribution < 1.29 is 75.3 Å². The summed E-state index contributed by atoms with van der Waals surface area (Å²) in [6.45, 7) is -0.423. The molecule has 5 heterocycles. The first-order valence-corrected chi connectivity index (χ1v) is 25.3. The highest BCUT2D eigenvalue weighted by atomic mass is 19.4. The number of ether oxygens (including phenoxy) is 2. The number of imide groups is 1. The van der Waals surface area contributed by atoms with Gasteiger partial charge in [-0.25, -0.2) is 14.2 Å². The van der Waals surface area contributed by atoms with E-state index in [9.17, 15) is 66.2 Å². The molecule has 0 fully saturated rings. The third-order valence-electron chi connectivity index (χ3n) is 14.2. The molecule has 0 unspecified atom stereocenters. The number of benzene rings is 2. The van der Waals surface area contributed by atoms with Crippen LogP contribution in [0.1, 0.15) is 90.4 Å². The van der Waals surface area contributed by atoms with Gasteiger partial charge < -0.3 is 51.0 Å². The van der Waals surface area contributed by atoms with Crippen LogP contribution in [0.2, 0.25) is 0 Å². The summed E-state index contributed by atoms with van der Waals surface area (Å²) in [4.78, 5) is 133. The molecule has 22 nitrogen and oxygen atoms in total. The van der Waals surface area contributed by atoms with Crippen LogP contribution in [0.15, 0.2) is 59.4 Å². The lowest BCUT2D eigenvalue weighted by Gasteiger charge is -2.31. The summed E-state index contributed by atoms with van der Waals surface area (Å²) in [5.74, 6) is -7.97. The molecule has 3 aliphatic heterocycles. The van der Waals surface area contributed by atoms with Crippen LogP contribution in [0.25, 0.3) is 22.3 Å². The molecule has 26 heteroatoms. The van der Waals surface area contributed by atoms with Gasteiger partial charge in [-0.3, -0.25) is 48.1 Å². The fraction of sp³-hybridized carbons (Fsp3) is 0.415. The number of esters is 1. The van der Waals surface area contributed by atoms with E-state index in [1.165, 1.54) is 36.6 Å². The molecular weight excluding hydrogens is 1050 g/mol. The maximum atomic E-state index is 15.4. The number of nitrogens with one attached hydrogen (secondary N) is 6. The number of carbonyl (C=O) groups is 9. The first-order chi connectivity index (χ1) is 37.6. The number of unbranched alkanes of at least 4 members (excludes halogenated alkanes) is 2. The van der Waals surface area contributed by atoms with Crippen LogP contribution in [0.3, 0.4) is 0 Å². The lowest BCUT2D eigenvalue weighted by Crippen LogP contribution is -2.52. The molecule has 2 aromatic heterocycles. The fourth-order valence-corrected chi connectivity index (χ4v) is 10.0. The Balaban J connectivity index is 0.856. The van der Waals surface area contributed by atoms with Gasteiger partial charge in [0, 0.05) is 54.1 Å². The van der Waals surface area contributed by atoms with Gasteiger partial charge in [0.25, 0.3) is 23.3 Å². The van der Waals surface area contributed by atoms with Crippen molar-refractivity contribution in [3.63, 3.8) is 0 Å². The van der Waals surface area contributed by atoms with Crippen molar-refractivity contribution in [1.82, 2.24) is 46.4 Å². The monoisotopic (exact) mass is 1100 g/mol. The van der Waals surface area contributed by atoms with Crippen LogP contribution in [0, 0.1) is 12.7 Å². The van der Waals surface area contributed by atoms with Gasteiger partial charge in [-0.1, -0.05) is 43.7 Å². The molecule has 418 valence electrons. The summed E-state index contributed by atoms with van der Waals surface area (Å²) in [5, 5.41) is 25.7. The number of aryl methyl sites for hydroxylation is 1. The Hall–Kier alpha value is -8.39. The Morgan fingerprint density at radius 1 is 0.861 bits per heavy atom. The summed E-state index contributed by atoms with van der Waals surface area (Å²) in [6.07, 6.45) is -4.78. The van der Waals surface area contributed by atoms with Crippen LogP contribution in [-0.2, 0) is 84.2 Å². The minimum absolute atomic E-state index is 0.00104. The molecule has 0 radical (unpaired) electrons. The normalized spacial score (nSPS) is 17.7. The second kappa shape index (κ2) is 23.7. The number of rotatable bonds is 22. The maximum Gasteiger partial charge on any atom is 0.423 e. The molecule has 0 saturated carbocycles. The van der Waals surface area contributed by atoms with E-state index in [1.807, 2.05) is 0 Å². The molecule has 4 atom stereocenters. The predicted molar refractivity (Wildman–Crippen MR) is 268 cm³/mol. The van der Waals surface area contributed by atoms with Gasteiger partial charge in [-0.2, -0.15) is 13.2 Å². The van der Waals surface area contributed by atoms with E-state index in [4.69, 9.17) is 14.5 Å². The third kappa shape index (κ3) is 12.3. The van der Waals surface area contributed by atoms with Gasteiger partial charge in [0.1, 0.15) is 25.2 Å². The number of pyridine rings is 2. The Kier molecular flexibility index (Phi) is 17.0. The van der Waals surface area contributed by atoms with Crippen LogP contribution in [0.5, 0.6) is 0 Å². The molecule has 4 aromatic rings. The topological polar surface area (TPSA) is 303 Å². The van der Waals surface area contributed by atoms with Crippen LogP contribution in [0.4, 0.5) is 17.6 Å². The largest absolute Gasteiger partial charge is 0.458 e. The average molecular weight is 1100 g/mol. The zero-order valence-electron chi connectivity index (χ0n) is 42.7. The standard InChI is InChI=1S/C53H55F4N9O13/c1-3-52(77)32-19-37-46-30(24-66(37)50(75)31(32)25-78-51(52)76)45-34(14-13-29-27(2)33(54)20-35(63-46)44(29)45)64-49(74)47(53(55,56)57)79-26-61-40(69)22-60-48(73)36(18-28-10-6-4-7-11-28)62-41(70)23-59-39(68)21-58-38(67)12-8-5-9-17-65-42(71)15-16-43(65)72/h4,6-7,10-11,15-16,19-20,34,36,47,77H,3,5,8-9,12-14,17-18,21-26H2,1-2H3,(H,58,67)(H,59,68)(H,60,73)(H,61,69)(H,62,70)(H,64,74)/t34-,36-,47+,52-/m0/s1. The maximum absolute atomic E-state index is 15.4. The predicted octanol–water partition coefficient (Wildman–Crippen LogP) is 1.21. The Morgan fingerprint density at radius 2 is 1.54 bits per heavy atom. The number of amides is 8. The van der Waals surface area contributed by atoms with Gasteiger partial charge in [-0.15, -0.1) is 0 Å². The number of cyclic esters (lactones) is 1. The Bertz CT molecular complexity index is 3240. The van der Waals surface area contributed by atoms with Gasteiger partial charge in [0.15, 0.2) is 5.60 Å². The summed E-state index contributed by atoms with van der Waals surface area (Å²) in [6, 6.07) is 8.42. The van der Waals surface area contributed by atoms with Crippen molar-refractivity contribution in [2.24, 2.45) is 0 Å². The zero-order valence-corrected chi connectivity index (χ0v) is 42.7. The fourth-order valence-electron chi connectivity index (χ4n) is 10.0. The number of carbonyl (C=O) groups excluding carboxylic acids is 9. The number of alkyl halides is 3. The first-order valence-electron chi connectivity index (χ1n) is 25.3. The molecule has 7 N–H and O–H groups in total. The highest BCUT2D eigenvalue weighted by Gasteiger charge is 2.49. The molecule has 0 bridgehead atoms. The summed E-state index contributed by atoms with van der Waals surface area (Å²) < 4.78 is 70.7. The van der Waals surface area contributed by atoms with E-state index in [1.54, 1.807) is 30.3 Å². The number of hydrogen-bond acceptors (Lipinski definition) is 14. The number of aliphatic hydroxyl groups is 1. The van der Waals surface area contributed by atoms with Crippen LogP contribution >= 0.6 is 0 Å². The number of halogens is 4. The molecule has 0 spiro atoms. The van der Waals surface area contributed by atoms with Crippen molar-refractivity contribution in [3.8, 4) is 11.4 Å². The molecule has 4 aliphatic rings. The van der Waals surface area contributed by atoms with Gasteiger partial charge in [0.05, 0.1) is 54.7 Å². The second-order valence-electron chi connectivity index (χ2n) is 19.3. The summed E-state index contributed by atoms with van der Waals surface area (Å²) in [7, 11) is 0. The molecular formula is C53H55F4N9O13. The first kappa shape index (κ1) is 56.8. The molecule has 8 rings (SSSR count). The minimum atomic E-state index is -5.33. The van der Waals surface area contributed by atoms with E-state index in [0.29, 0.717) is 41.3 Å². The minimum Gasteiger partial charge on any atom is -0.458 e. The van der Waals surface area contributed by atoms with Crippen molar-refractivity contribution in [2.45, 2.75) is 108 Å². The molecule has 8 amide bonds. The van der Waals surface area contributed by atoms with Gasteiger partial charge in [0.2, 0.25) is 35.6 Å². The number of hydrogen-bond donors (Lipinski definition) is 7. The molecule has 1 aliphatic carbocycles. The highest BCUT2D eigenvalue weighted by Crippen LogP contribution is 2.46. The van der Waals surface area contributed by atoms with E-state index in [-0.39, 0.29) is 84.4 Å². The van der Waals surface area contributed by atoms with E-state index >= 15 is 4.39 Å². The zero-order chi connectivity index (χ0) is 56.9. The summed E-state index contributed by atoms with van der Waals surface area (Å²) >= 11 is 0. The lowest BCUT2D eigenvalue weighted by molar-refractivity contribution is -0.220. The lowest BCUT2D eigenvalue weighted by atomic mass is 9.81. The SMILES string of the molecule is CC[C@@]1(O)C(=O)OCc2c1cc1n(c2=O)Cc2c-1nc1cc(F)c(C)c3c1c2[C@@H](NC(=O)[C@@H](OCNC(=O)CNC(=O)[C@H](Cc1ccccc1)NC(=O)CNC(=O)CNC(=O)CCCCCN1C(=O)C=CC1=O)C(F)(F)F)CC3. The smallest absolute Gasteiger partial charge is 0.423 e. The number of fused-ring (bicyclic) bond motifs is 5. The van der Waals surface area contributed by atoms with Gasteiger partial charge in [-0.05, 0) is 67.3 Å². The Morgan fingerprint density at radius 3 is 2.25 bits per heavy atom. The average Bonchev–Trinajstić information content (AvgIpc) is 4.22. The van der Waals surface area contributed by atoms with Gasteiger partial charge >= 0.3 is 12.1 Å². The molecule has 2 aromatic carbocycles. The molecule has 0 saturated heterocycles. The van der Waals surface area contributed by atoms with Crippen molar-refractivity contribution in [1.29, 1.82) is 0 Å². The van der Waals surface area contributed by atoms with Crippen molar-refractivity contribution >= 4 is 64.1 Å². The quantitative estimate of drug-likeness (QED) is 0.0169.